The van der Waals surface area contributed by atoms with Crippen LogP contribution in [0.1, 0.15) is 6.42 Å². The lowest BCUT2D eigenvalue weighted by Crippen LogP contribution is -1.94. The third kappa shape index (κ3) is 1.37. The number of ether oxygens (including phenoxy) is 1. The smallest absolute Gasteiger partial charge is 0.293 e. The van der Waals surface area contributed by atoms with Crippen molar-refractivity contribution in [3.63, 3.8) is 0 Å². The van der Waals surface area contributed by atoms with Crippen LogP contribution in [-0.2, 0) is 9.53 Å². The topological polar surface area (TPSA) is 26.3 Å². The molecule has 0 aromatic rings. The van der Waals surface area contributed by atoms with Crippen molar-refractivity contribution < 1.29 is 9.53 Å². The zero-order chi connectivity index (χ0) is 5.98. The molecule has 1 aliphatic carbocycles. The summed E-state index contributed by atoms with van der Waals surface area (Å²) >= 11 is 5.59. The first-order chi connectivity index (χ1) is 3.84. The molecule has 2 atom stereocenters. The highest BCUT2D eigenvalue weighted by atomic mass is 35.5. The molecule has 0 amide bonds. The van der Waals surface area contributed by atoms with E-state index in [0.717, 1.165) is 6.42 Å². The quantitative estimate of drug-likeness (QED) is 0.421. The van der Waals surface area contributed by atoms with Gasteiger partial charge in [-0.25, -0.2) is 0 Å². The van der Waals surface area contributed by atoms with Gasteiger partial charge in [0.25, 0.3) is 6.47 Å². The van der Waals surface area contributed by atoms with Gasteiger partial charge in [0.1, 0.15) is 0 Å². The minimum atomic E-state index is 0.259. The second-order valence-electron chi connectivity index (χ2n) is 1.94. The average molecular weight is 135 g/mol. The van der Waals surface area contributed by atoms with E-state index in [1.165, 1.54) is 0 Å². The number of alkyl halides is 1. The molecule has 1 aliphatic rings. The predicted octanol–water partition coefficient (Wildman–Crippen LogP) is 0.787. The minimum absolute atomic E-state index is 0.259. The third-order valence-electron chi connectivity index (χ3n) is 1.21. The van der Waals surface area contributed by atoms with E-state index in [-0.39, 0.29) is 5.38 Å². The molecule has 8 heavy (non-hydrogen) atoms. The molecule has 1 fully saturated rings. The van der Waals surface area contributed by atoms with Crippen molar-refractivity contribution in [2.75, 3.05) is 6.61 Å². The monoisotopic (exact) mass is 134 g/mol. The van der Waals surface area contributed by atoms with Crippen LogP contribution in [0.3, 0.4) is 0 Å². The van der Waals surface area contributed by atoms with Crippen LogP contribution in [0.15, 0.2) is 0 Å². The molecule has 2 unspecified atom stereocenters. The maximum atomic E-state index is 9.58. The summed E-state index contributed by atoms with van der Waals surface area (Å²) in [6.45, 7) is 0.958. The van der Waals surface area contributed by atoms with E-state index in [2.05, 4.69) is 4.74 Å². The zero-order valence-electron chi connectivity index (χ0n) is 4.34. The van der Waals surface area contributed by atoms with Crippen LogP contribution >= 0.6 is 11.6 Å². The van der Waals surface area contributed by atoms with Gasteiger partial charge in [0.05, 0.1) is 6.61 Å². The van der Waals surface area contributed by atoms with Gasteiger partial charge >= 0.3 is 0 Å². The van der Waals surface area contributed by atoms with Gasteiger partial charge in [-0.05, 0) is 6.42 Å². The van der Waals surface area contributed by atoms with Crippen molar-refractivity contribution in [3.05, 3.63) is 0 Å². The first-order valence-electron chi connectivity index (χ1n) is 2.54. The molecule has 0 aliphatic heterocycles. The van der Waals surface area contributed by atoms with Gasteiger partial charge < -0.3 is 4.74 Å². The van der Waals surface area contributed by atoms with Crippen molar-refractivity contribution in [3.8, 4) is 0 Å². The summed E-state index contributed by atoms with van der Waals surface area (Å²) in [4.78, 5) is 9.58. The van der Waals surface area contributed by atoms with Crippen molar-refractivity contribution >= 4 is 18.1 Å². The number of carbonyl (C=O) groups excluding carboxylic acids is 1. The fourth-order valence-corrected chi connectivity index (χ4v) is 0.848. The zero-order valence-corrected chi connectivity index (χ0v) is 5.10. The number of carbonyl (C=O) groups is 1. The summed E-state index contributed by atoms with van der Waals surface area (Å²) in [7, 11) is 0. The maximum Gasteiger partial charge on any atom is 0.293 e. The van der Waals surface area contributed by atoms with Crippen LogP contribution in [0, 0.1) is 5.92 Å². The number of rotatable bonds is 3. The van der Waals surface area contributed by atoms with Crippen molar-refractivity contribution in [2.45, 2.75) is 11.8 Å². The number of halogens is 1. The Morgan fingerprint density at radius 3 is 2.88 bits per heavy atom. The summed E-state index contributed by atoms with van der Waals surface area (Å²) in [5.41, 5.74) is 0. The van der Waals surface area contributed by atoms with Crippen LogP contribution in [0.5, 0.6) is 0 Å². The molecule has 0 aromatic carbocycles. The van der Waals surface area contributed by atoms with Gasteiger partial charge in [-0.3, -0.25) is 4.79 Å². The lowest BCUT2D eigenvalue weighted by atomic mass is 10.5. The molecule has 0 N–H and O–H groups in total. The summed E-state index contributed by atoms with van der Waals surface area (Å²) in [5.74, 6) is 0.432. The highest BCUT2D eigenvalue weighted by Crippen LogP contribution is 2.35. The molecule has 0 saturated heterocycles. The SMILES string of the molecule is O=COCC1CC1Cl. The molecule has 0 bridgehead atoms. The van der Waals surface area contributed by atoms with Crippen LogP contribution in [0.25, 0.3) is 0 Å². The fraction of sp³-hybridized carbons (Fsp3) is 0.800. The van der Waals surface area contributed by atoms with Crippen LogP contribution in [0.2, 0.25) is 0 Å². The molecule has 46 valence electrons. The summed E-state index contributed by atoms with van der Waals surface area (Å²) in [6.07, 6.45) is 0.995. The van der Waals surface area contributed by atoms with E-state index in [9.17, 15) is 4.79 Å². The Bertz CT molecular complexity index is 94.4. The number of hydrogen-bond acceptors (Lipinski definition) is 2. The Hall–Kier alpha value is -0.240. The van der Waals surface area contributed by atoms with E-state index in [4.69, 9.17) is 11.6 Å². The summed E-state index contributed by atoms with van der Waals surface area (Å²) in [6, 6.07) is 0. The molecule has 0 aromatic heterocycles. The highest BCUT2D eigenvalue weighted by molar-refractivity contribution is 6.22. The van der Waals surface area contributed by atoms with Gasteiger partial charge in [0.2, 0.25) is 0 Å². The van der Waals surface area contributed by atoms with Gasteiger partial charge in [0, 0.05) is 11.3 Å². The van der Waals surface area contributed by atoms with E-state index < -0.39 is 0 Å². The molecule has 0 heterocycles. The second kappa shape index (κ2) is 2.35. The van der Waals surface area contributed by atoms with Gasteiger partial charge in [-0.2, -0.15) is 0 Å². The first-order valence-corrected chi connectivity index (χ1v) is 2.97. The van der Waals surface area contributed by atoms with Crippen LogP contribution < -0.4 is 0 Å². The van der Waals surface area contributed by atoms with Crippen LogP contribution in [0.4, 0.5) is 0 Å². The lowest BCUT2D eigenvalue weighted by Gasteiger charge is -1.90. The van der Waals surface area contributed by atoms with E-state index >= 15 is 0 Å². The standard InChI is InChI=1S/C5H7ClO2/c6-5-1-4(5)2-8-3-7/h3-5H,1-2H2. The van der Waals surface area contributed by atoms with Crippen molar-refractivity contribution in [1.82, 2.24) is 0 Å². The Morgan fingerprint density at radius 2 is 2.50 bits per heavy atom. The Morgan fingerprint density at radius 1 is 1.88 bits per heavy atom. The van der Waals surface area contributed by atoms with Gasteiger partial charge in [0.15, 0.2) is 0 Å². The Kier molecular flexibility index (Phi) is 1.73. The predicted molar refractivity (Wildman–Crippen MR) is 29.8 cm³/mol. The van der Waals surface area contributed by atoms with Gasteiger partial charge in [-0.15, -0.1) is 11.6 Å². The highest BCUT2D eigenvalue weighted by Gasteiger charge is 2.35. The molecular weight excluding hydrogens is 128 g/mol. The lowest BCUT2D eigenvalue weighted by molar-refractivity contribution is -0.129. The Labute approximate surface area is 52.8 Å². The largest absolute Gasteiger partial charge is 0.468 e. The molecule has 2 nitrogen and oxygen atoms in total. The Balaban J connectivity index is 1.97. The van der Waals surface area contributed by atoms with E-state index in [0.29, 0.717) is 19.0 Å². The van der Waals surface area contributed by atoms with E-state index in [1.54, 1.807) is 0 Å². The number of hydrogen-bond donors (Lipinski definition) is 0. The first kappa shape index (κ1) is 5.89. The molecule has 1 saturated carbocycles. The minimum Gasteiger partial charge on any atom is -0.468 e. The molecule has 0 spiro atoms. The summed E-state index contributed by atoms with van der Waals surface area (Å²) in [5, 5.41) is 0.259. The molecule has 1 rings (SSSR count). The van der Waals surface area contributed by atoms with Crippen molar-refractivity contribution in [1.29, 1.82) is 0 Å². The fourth-order valence-electron chi connectivity index (χ4n) is 0.546. The molecule has 0 radical (unpaired) electrons. The third-order valence-corrected chi connectivity index (χ3v) is 1.75. The second-order valence-corrected chi connectivity index (χ2v) is 2.50. The summed E-state index contributed by atoms with van der Waals surface area (Å²) < 4.78 is 4.46. The van der Waals surface area contributed by atoms with E-state index in [1.807, 2.05) is 0 Å². The molecular formula is C5H7ClO2. The van der Waals surface area contributed by atoms with Crippen LogP contribution in [-0.4, -0.2) is 18.5 Å². The molecule has 3 heteroatoms. The maximum absolute atomic E-state index is 9.58. The average Bonchev–Trinajstić information content (AvgIpc) is 2.42. The van der Waals surface area contributed by atoms with Crippen molar-refractivity contribution in [2.24, 2.45) is 5.92 Å². The normalized spacial score (nSPS) is 34.1. The van der Waals surface area contributed by atoms with Gasteiger partial charge in [-0.1, -0.05) is 0 Å².